The number of hydrogen-bond donors (Lipinski definition) is 3. The molecule has 0 spiro atoms. The van der Waals surface area contributed by atoms with Gasteiger partial charge in [-0.15, -0.1) is 12.4 Å². The summed E-state index contributed by atoms with van der Waals surface area (Å²) in [6, 6.07) is 1.91. The maximum absolute atomic E-state index is 11.9. The zero-order valence-corrected chi connectivity index (χ0v) is 13.6. The molecule has 0 saturated heterocycles. The van der Waals surface area contributed by atoms with Crippen molar-refractivity contribution in [3.8, 4) is 0 Å². The molecule has 1 heterocycles. The number of furan rings is 1. The summed E-state index contributed by atoms with van der Waals surface area (Å²) in [6.45, 7) is 2.89. The van der Waals surface area contributed by atoms with E-state index in [1.807, 2.05) is 6.92 Å². The van der Waals surface area contributed by atoms with Gasteiger partial charge >= 0.3 is 0 Å². The number of carbonyl (C=O) groups excluding carboxylic acids is 2. The van der Waals surface area contributed by atoms with Crippen molar-refractivity contribution < 1.29 is 14.0 Å². The summed E-state index contributed by atoms with van der Waals surface area (Å²) in [4.78, 5) is 23.6. The van der Waals surface area contributed by atoms with Crippen LogP contribution in [-0.2, 0) is 4.79 Å². The largest absolute Gasteiger partial charge is 0.459 e. The van der Waals surface area contributed by atoms with Gasteiger partial charge in [-0.2, -0.15) is 0 Å². The Hall–Kier alpha value is -1.53. The van der Waals surface area contributed by atoms with Gasteiger partial charge in [0.1, 0.15) is 0 Å². The van der Waals surface area contributed by atoms with E-state index in [2.05, 4.69) is 10.6 Å². The third kappa shape index (κ3) is 5.03. The molecule has 2 unspecified atom stereocenters. The molecular formula is C15H24ClN3O3. The van der Waals surface area contributed by atoms with E-state index < -0.39 is 0 Å². The number of amides is 2. The van der Waals surface area contributed by atoms with Crippen LogP contribution in [-0.4, -0.2) is 30.9 Å². The Labute approximate surface area is 136 Å². The second kappa shape index (κ2) is 8.80. The Bertz CT molecular complexity index is 504. The van der Waals surface area contributed by atoms with Gasteiger partial charge in [0.05, 0.1) is 6.26 Å². The third-order valence-corrected chi connectivity index (χ3v) is 3.85. The van der Waals surface area contributed by atoms with Crippen LogP contribution in [0.3, 0.4) is 0 Å². The van der Waals surface area contributed by atoms with E-state index in [0.29, 0.717) is 25.3 Å². The zero-order chi connectivity index (χ0) is 15.2. The molecule has 2 amide bonds. The van der Waals surface area contributed by atoms with Crippen molar-refractivity contribution in [2.45, 2.75) is 38.6 Å². The van der Waals surface area contributed by atoms with Crippen molar-refractivity contribution >= 4 is 24.2 Å². The van der Waals surface area contributed by atoms with Crippen LogP contribution in [0.5, 0.6) is 0 Å². The fourth-order valence-electron chi connectivity index (χ4n) is 2.59. The summed E-state index contributed by atoms with van der Waals surface area (Å²) in [7, 11) is 0. The molecule has 6 nitrogen and oxygen atoms in total. The average molecular weight is 330 g/mol. The summed E-state index contributed by atoms with van der Waals surface area (Å²) >= 11 is 0. The number of nitrogens with two attached hydrogens (primary N) is 1. The summed E-state index contributed by atoms with van der Waals surface area (Å²) in [5.74, 6) is 0.265. The van der Waals surface area contributed by atoms with Gasteiger partial charge in [0.15, 0.2) is 5.76 Å². The monoisotopic (exact) mass is 329 g/mol. The number of nitrogens with one attached hydrogen (secondary N) is 2. The molecular weight excluding hydrogens is 306 g/mol. The van der Waals surface area contributed by atoms with Crippen LogP contribution in [0.4, 0.5) is 0 Å². The Morgan fingerprint density at radius 3 is 2.64 bits per heavy atom. The lowest BCUT2D eigenvalue weighted by molar-refractivity contribution is -0.124. The SMILES string of the molecule is Cc1ccoc1C(=O)NCCCNC(=O)C1CCC(N)C1.Cl. The normalized spacial score (nSPS) is 20.3. The van der Waals surface area contributed by atoms with Crippen molar-refractivity contribution in [1.29, 1.82) is 0 Å². The van der Waals surface area contributed by atoms with Crippen LogP contribution in [0.2, 0.25) is 0 Å². The maximum atomic E-state index is 11.9. The number of halogens is 1. The lowest BCUT2D eigenvalue weighted by atomic mass is 10.1. The van der Waals surface area contributed by atoms with Crippen LogP contribution >= 0.6 is 12.4 Å². The van der Waals surface area contributed by atoms with Gasteiger partial charge in [-0.05, 0) is 38.7 Å². The molecule has 1 aliphatic rings. The van der Waals surface area contributed by atoms with Crippen LogP contribution in [0.15, 0.2) is 16.7 Å². The summed E-state index contributed by atoms with van der Waals surface area (Å²) in [5, 5.41) is 5.67. The number of rotatable bonds is 6. The number of carbonyl (C=O) groups is 2. The highest BCUT2D eigenvalue weighted by Gasteiger charge is 2.27. The molecule has 1 aromatic heterocycles. The van der Waals surface area contributed by atoms with Crippen LogP contribution in [0.25, 0.3) is 0 Å². The molecule has 0 aromatic carbocycles. The minimum absolute atomic E-state index is 0. The first-order valence-electron chi connectivity index (χ1n) is 7.43. The quantitative estimate of drug-likeness (QED) is 0.687. The first-order valence-corrected chi connectivity index (χ1v) is 7.43. The van der Waals surface area contributed by atoms with Crippen LogP contribution in [0.1, 0.15) is 41.8 Å². The van der Waals surface area contributed by atoms with Gasteiger partial charge < -0.3 is 20.8 Å². The average Bonchev–Trinajstić information content (AvgIpc) is 3.06. The molecule has 4 N–H and O–H groups in total. The van der Waals surface area contributed by atoms with E-state index in [4.69, 9.17) is 10.2 Å². The molecule has 124 valence electrons. The predicted octanol–water partition coefficient (Wildman–Crippen LogP) is 1.37. The van der Waals surface area contributed by atoms with E-state index in [1.54, 1.807) is 6.07 Å². The highest BCUT2D eigenvalue weighted by atomic mass is 35.5. The Morgan fingerprint density at radius 2 is 2.05 bits per heavy atom. The van der Waals surface area contributed by atoms with Gasteiger partial charge in [0.2, 0.25) is 5.91 Å². The van der Waals surface area contributed by atoms with E-state index in [9.17, 15) is 9.59 Å². The molecule has 2 atom stereocenters. The Balaban J connectivity index is 0.00000242. The highest BCUT2D eigenvalue weighted by Crippen LogP contribution is 2.23. The molecule has 0 bridgehead atoms. The molecule has 1 aromatic rings. The zero-order valence-electron chi connectivity index (χ0n) is 12.8. The molecule has 22 heavy (non-hydrogen) atoms. The number of hydrogen-bond acceptors (Lipinski definition) is 4. The summed E-state index contributed by atoms with van der Waals surface area (Å²) in [6.07, 6.45) is 4.77. The molecule has 2 rings (SSSR count). The summed E-state index contributed by atoms with van der Waals surface area (Å²) in [5.41, 5.74) is 6.61. The van der Waals surface area contributed by atoms with Crippen molar-refractivity contribution in [2.24, 2.45) is 11.7 Å². The standard InChI is InChI=1S/C15H23N3O3.ClH/c1-10-5-8-21-13(10)15(20)18-7-2-6-17-14(19)11-3-4-12(16)9-11;/h5,8,11-12H,2-4,6-7,9,16H2,1H3,(H,17,19)(H,18,20);1H. The summed E-state index contributed by atoms with van der Waals surface area (Å²) < 4.78 is 5.11. The van der Waals surface area contributed by atoms with E-state index in [0.717, 1.165) is 24.8 Å². The fraction of sp³-hybridized carbons (Fsp3) is 0.600. The van der Waals surface area contributed by atoms with Crippen molar-refractivity contribution in [3.05, 3.63) is 23.7 Å². The first kappa shape index (κ1) is 18.5. The molecule has 1 saturated carbocycles. The van der Waals surface area contributed by atoms with Gasteiger partial charge in [-0.1, -0.05) is 0 Å². The minimum atomic E-state index is -0.217. The lowest BCUT2D eigenvalue weighted by Crippen LogP contribution is -2.33. The van der Waals surface area contributed by atoms with Gasteiger partial charge in [-0.25, -0.2) is 0 Å². The third-order valence-electron chi connectivity index (χ3n) is 3.85. The van der Waals surface area contributed by atoms with Crippen molar-refractivity contribution in [1.82, 2.24) is 10.6 Å². The highest BCUT2D eigenvalue weighted by molar-refractivity contribution is 5.92. The fourth-order valence-corrected chi connectivity index (χ4v) is 2.59. The predicted molar refractivity (Wildman–Crippen MR) is 86.0 cm³/mol. The number of aryl methyl sites for hydroxylation is 1. The van der Waals surface area contributed by atoms with Crippen LogP contribution < -0.4 is 16.4 Å². The molecule has 0 aliphatic heterocycles. The van der Waals surface area contributed by atoms with Crippen molar-refractivity contribution in [3.63, 3.8) is 0 Å². The van der Waals surface area contributed by atoms with Crippen molar-refractivity contribution in [2.75, 3.05) is 13.1 Å². The van der Waals surface area contributed by atoms with Gasteiger partial charge in [0.25, 0.3) is 5.91 Å². The van der Waals surface area contributed by atoms with Gasteiger partial charge in [0, 0.05) is 30.6 Å². The molecule has 1 aliphatic carbocycles. The Kier molecular flexibility index (Phi) is 7.41. The topological polar surface area (TPSA) is 97.4 Å². The molecule has 0 radical (unpaired) electrons. The van der Waals surface area contributed by atoms with Gasteiger partial charge in [-0.3, -0.25) is 9.59 Å². The minimum Gasteiger partial charge on any atom is -0.459 e. The Morgan fingerprint density at radius 1 is 1.32 bits per heavy atom. The molecule has 1 fully saturated rings. The van der Waals surface area contributed by atoms with E-state index in [-0.39, 0.29) is 36.2 Å². The lowest BCUT2D eigenvalue weighted by Gasteiger charge is -2.10. The second-order valence-electron chi connectivity index (χ2n) is 5.60. The first-order chi connectivity index (χ1) is 10.1. The second-order valence-corrected chi connectivity index (χ2v) is 5.60. The van der Waals surface area contributed by atoms with E-state index in [1.165, 1.54) is 6.26 Å². The van der Waals surface area contributed by atoms with Crippen LogP contribution in [0, 0.1) is 12.8 Å². The maximum Gasteiger partial charge on any atom is 0.287 e. The van der Waals surface area contributed by atoms with E-state index >= 15 is 0 Å². The smallest absolute Gasteiger partial charge is 0.287 e. The molecule has 7 heteroatoms.